The first-order valence-corrected chi connectivity index (χ1v) is 7.34. The number of hydrogen-bond acceptors (Lipinski definition) is 4. The van der Waals surface area contributed by atoms with Crippen molar-refractivity contribution in [1.82, 2.24) is 0 Å². The predicted molar refractivity (Wildman–Crippen MR) is 87.2 cm³/mol. The molecule has 2 aromatic rings. The molecule has 0 aromatic heterocycles. The zero-order chi connectivity index (χ0) is 15.6. The standard InChI is InChI=1S/C16H18BrNO3/c1-9-6-11(17)7-15(21-3)16(9)18-10(2)13-8-12(19)4-5-14(13)20/h4-8,10,18-20H,1-3H3. The summed E-state index contributed by atoms with van der Waals surface area (Å²) >= 11 is 3.44. The highest BCUT2D eigenvalue weighted by molar-refractivity contribution is 9.10. The number of aromatic hydroxyl groups is 2. The van der Waals surface area contributed by atoms with Crippen LogP contribution in [0.5, 0.6) is 17.2 Å². The lowest BCUT2D eigenvalue weighted by molar-refractivity contribution is 0.415. The molecule has 0 bridgehead atoms. The molecule has 21 heavy (non-hydrogen) atoms. The highest BCUT2D eigenvalue weighted by Crippen LogP contribution is 2.36. The fourth-order valence-electron chi connectivity index (χ4n) is 2.24. The first kappa shape index (κ1) is 15.5. The molecule has 5 heteroatoms. The lowest BCUT2D eigenvalue weighted by Crippen LogP contribution is -2.09. The Labute approximate surface area is 132 Å². The van der Waals surface area contributed by atoms with Gasteiger partial charge in [0.2, 0.25) is 0 Å². The summed E-state index contributed by atoms with van der Waals surface area (Å²) in [7, 11) is 1.61. The average molecular weight is 352 g/mol. The summed E-state index contributed by atoms with van der Waals surface area (Å²) in [5.74, 6) is 0.978. The van der Waals surface area contributed by atoms with Crippen molar-refractivity contribution >= 4 is 21.6 Å². The number of phenols is 2. The van der Waals surface area contributed by atoms with Crippen molar-refractivity contribution in [3.8, 4) is 17.2 Å². The van der Waals surface area contributed by atoms with Gasteiger partial charge in [-0.2, -0.15) is 0 Å². The van der Waals surface area contributed by atoms with Gasteiger partial charge in [-0.15, -0.1) is 0 Å². The number of nitrogens with one attached hydrogen (secondary N) is 1. The summed E-state index contributed by atoms with van der Waals surface area (Å²) in [6.45, 7) is 3.89. The molecule has 4 nitrogen and oxygen atoms in total. The van der Waals surface area contributed by atoms with Gasteiger partial charge < -0.3 is 20.3 Å². The summed E-state index contributed by atoms with van der Waals surface area (Å²) < 4.78 is 6.33. The molecule has 112 valence electrons. The SMILES string of the molecule is COc1cc(Br)cc(C)c1NC(C)c1cc(O)ccc1O. The maximum Gasteiger partial charge on any atom is 0.143 e. The first-order valence-electron chi connectivity index (χ1n) is 6.55. The molecule has 3 N–H and O–H groups in total. The number of anilines is 1. The van der Waals surface area contributed by atoms with Crippen LogP contribution < -0.4 is 10.1 Å². The number of ether oxygens (including phenoxy) is 1. The zero-order valence-electron chi connectivity index (χ0n) is 12.1. The zero-order valence-corrected chi connectivity index (χ0v) is 13.7. The number of hydrogen-bond donors (Lipinski definition) is 3. The average Bonchev–Trinajstić information content (AvgIpc) is 2.43. The summed E-state index contributed by atoms with van der Waals surface area (Å²) in [6.07, 6.45) is 0. The predicted octanol–water partition coefficient (Wildman–Crippen LogP) is 4.35. The van der Waals surface area contributed by atoms with Crippen LogP contribution in [0.3, 0.4) is 0 Å². The molecule has 0 aliphatic heterocycles. The van der Waals surface area contributed by atoms with Crippen molar-refractivity contribution in [1.29, 1.82) is 0 Å². The first-order chi connectivity index (χ1) is 9.92. The Bertz CT molecular complexity index is 658. The minimum Gasteiger partial charge on any atom is -0.508 e. The van der Waals surface area contributed by atoms with Crippen LogP contribution in [-0.4, -0.2) is 17.3 Å². The summed E-state index contributed by atoms with van der Waals surface area (Å²) in [5.41, 5.74) is 2.50. The van der Waals surface area contributed by atoms with Crippen LogP contribution in [0.25, 0.3) is 0 Å². The largest absolute Gasteiger partial charge is 0.508 e. The molecule has 0 saturated carbocycles. The quantitative estimate of drug-likeness (QED) is 0.716. The third-order valence-electron chi connectivity index (χ3n) is 3.32. The monoisotopic (exact) mass is 351 g/mol. The summed E-state index contributed by atoms with van der Waals surface area (Å²) in [6, 6.07) is 8.16. The number of methoxy groups -OCH3 is 1. The van der Waals surface area contributed by atoms with E-state index in [1.54, 1.807) is 13.2 Å². The van der Waals surface area contributed by atoms with E-state index in [9.17, 15) is 10.2 Å². The highest BCUT2D eigenvalue weighted by atomic mass is 79.9. The van der Waals surface area contributed by atoms with Crippen LogP contribution in [-0.2, 0) is 0 Å². The van der Waals surface area contributed by atoms with Crippen molar-refractivity contribution < 1.29 is 14.9 Å². The van der Waals surface area contributed by atoms with Crippen molar-refractivity contribution in [2.45, 2.75) is 19.9 Å². The van der Waals surface area contributed by atoms with Gasteiger partial charge in [-0.25, -0.2) is 0 Å². The Balaban J connectivity index is 2.35. The Morgan fingerprint density at radius 1 is 1.19 bits per heavy atom. The Morgan fingerprint density at radius 2 is 1.90 bits per heavy atom. The van der Waals surface area contributed by atoms with E-state index in [1.807, 2.05) is 26.0 Å². The van der Waals surface area contributed by atoms with Crippen molar-refractivity contribution in [2.24, 2.45) is 0 Å². The Hall–Kier alpha value is -1.88. The van der Waals surface area contributed by atoms with Crippen LogP contribution in [0.1, 0.15) is 24.1 Å². The smallest absolute Gasteiger partial charge is 0.143 e. The minimum atomic E-state index is -0.189. The maximum absolute atomic E-state index is 9.93. The van der Waals surface area contributed by atoms with E-state index in [0.717, 1.165) is 15.7 Å². The normalized spacial score (nSPS) is 12.0. The van der Waals surface area contributed by atoms with Gasteiger partial charge in [0, 0.05) is 10.0 Å². The Morgan fingerprint density at radius 3 is 2.57 bits per heavy atom. The fourth-order valence-corrected chi connectivity index (χ4v) is 2.79. The molecule has 0 radical (unpaired) electrons. The van der Waals surface area contributed by atoms with Crippen molar-refractivity contribution in [3.05, 3.63) is 45.9 Å². The highest BCUT2D eigenvalue weighted by Gasteiger charge is 2.15. The molecule has 0 aliphatic carbocycles. The second-order valence-corrected chi connectivity index (χ2v) is 5.82. The van der Waals surface area contributed by atoms with E-state index in [2.05, 4.69) is 21.2 Å². The summed E-state index contributed by atoms with van der Waals surface area (Å²) in [5, 5.41) is 22.8. The third-order valence-corrected chi connectivity index (χ3v) is 3.78. The van der Waals surface area contributed by atoms with Gasteiger partial charge in [-0.3, -0.25) is 0 Å². The van der Waals surface area contributed by atoms with E-state index in [0.29, 0.717) is 11.3 Å². The number of halogens is 1. The van der Waals surface area contributed by atoms with E-state index in [1.165, 1.54) is 12.1 Å². The number of benzene rings is 2. The molecule has 0 spiro atoms. The molecule has 0 aliphatic rings. The molecule has 0 heterocycles. The lowest BCUT2D eigenvalue weighted by Gasteiger charge is -2.21. The van der Waals surface area contributed by atoms with Gasteiger partial charge in [0.1, 0.15) is 17.2 Å². The summed E-state index contributed by atoms with van der Waals surface area (Å²) in [4.78, 5) is 0. The van der Waals surface area contributed by atoms with Gasteiger partial charge in [-0.05, 0) is 49.7 Å². The fraction of sp³-hybridized carbons (Fsp3) is 0.250. The van der Waals surface area contributed by atoms with E-state index < -0.39 is 0 Å². The maximum atomic E-state index is 9.93. The molecular weight excluding hydrogens is 334 g/mol. The molecule has 0 amide bonds. The van der Waals surface area contributed by atoms with E-state index >= 15 is 0 Å². The Kier molecular flexibility index (Phi) is 4.63. The van der Waals surface area contributed by atoms with Crippen LogP contribution >= 0.6 is 15.9 Å². The second-order valence-electron chi connectivity index (χ2n) is 4.91. The molecule has 2 rings (SSSR count). The van der Waals surface area contributed by atoms with Crippen LogP contribution in [0.2, 0.25) is 0 Å². The van der Waals surface area contributed by atoms with Crippen molar-refractivity contribution in [3.63, 3.8) is 0 Å². The molecular formula is C16H18BrNO3. The van der Waals surface area contributed by atoms with Gasteiger partial charge in [0.15, 0.2) is 0 Å². The van der Waals surface area contributed by atoms with Gasteiger partial charge >= 0.3 is 0 Å². The van der Waals surface area contributed by atoms with Crippen LogP contribution in [0.15, 0.2) is 34.8 Å². The molecule has 0 fully saturated rings. The third kappa shape index (κ3) is 3.42. The second kappa shape index (κ2) is 6.26. The molecule has 1 atom stereocenters. The number of aryl methyl sites for hydroxylation is 1. The van der Waals surface area contributed by atoms with Gasteiger partial charge in [0.05, 0.1) is 18.8 Å². The lowest BCUT2D eigenvalue weighted by atomic mass is 10.1. The minimum absolute atomic E-state index is 0.121. The molecule has 2 aromatic carbocycles. The molecule has 0 saturated heterocycles. The van der Waals surface area contributed by atoms with Gasteiger partial charge in [-0.1, -0.05) is 15.9 Å². The van der Waals surface area contributed by atoms with E-state index in [-0.39, 0.29) is 17.5 Å². The number of rotatable bonds is 4. The topological polar surface area (TPSA) is 61.7 Å². The van der Waals surface area contributed by atoms with E-state index in [4.69, 9.17) is 4.74 Å². The van der Waals surface area contributed by atoms with Crippen LogP contribution in [0, 0.1) is 6.92 Å². The number of phenolic OH excluding ortho intramolecular Hbond substituents is 2. The molecule has 1 unspecified atom stereocenters. The van der Waals surface area contributed by atoms with Gasteiger partial charge in [0.25, 0.3) is 0 Å². The van der Waals surface area contributed by atoms with Crippen molar-refractivity contribution in [2.75, 3.05) is 12.4 Å². The van der Waals surface area contributed by atoms with Crippen LogP contribution in [0.4, 0.5) is 5.69 Å².